The van der Waals surface area contributed by atoms with Crippen LogP contribution >= 0.6 is 0 Å². The number of hydrogen-bond acceptors (Lipinski definition) is 4. The van der Waals surface area contributed by atoms with Gasteiger partial charge >= 0.3 is 0 Å². The summed E-state index contributed by atoms with van der Waals surface area (Å²) in [5, 5.41) is 3.50. The van der Waals surface area contributed by atoms with E-state index in [2.05, 4.69) is 41.2 Å². The molecule has 0 aliphatic carbocycles. The van der Waals surface area contributed by atoms with Crippen molar-refractivity contribution in [3.8, 4) is 5.75 Å². The zero-order valence-electron chi connectivity index (χ0n) is 17.6. The van der Waals surface area contributed by atoms with Gasteiger partial charge in [0.1, 0.15) is 5.75 Å². The molecule has 0 radical (unpaired) electrons. The highest BCUT2D eigenvalue weighted by molar-refractivity contribution is 5.91. The number of ether oxygens (including phenoxy) is 1. The van der Waals surface area contributed by atoms with Gasteiger partial charge in [-0.25, -0.2) is 0 Å². The van der Waals surface area contributed by atoms with Gasteiger partial charge in [0.15, 0.2) is 11.7 Å². The highest BCUT2D eigenvalue weighted by atomic mass is 16.5. The number of aliphatic imine (C=N–C) groups is 1. The Labute approximate surface area is 172 Å². The van der Waals surface area contributed by atoms with E-state index in [-0.39, 0.29) is 11.3 Å². The highest BCUT2D eigenvalue weighted by Gasteiger charge is 2.27. The molecule has 0 unspecified atom stereocenters. The molecule has 29 heavy (non-hydrogen) atoms. The number of nitrogens with one attached hydrogen (secondary N) is 1. The molecule has 1 N–H and O–H groups in total. The molecule has 1 aliphatic heterocycles. The maximum Gasteiger partial charge on any atom is 0.289 e. The summed E-state index contributed by atoms with van der Waals surface area (Å²) in [6, 6.07) is 11.6. The van der Waals surface area contributed by atoms with E-state index >= 15 is 0 Å². The predicted molar refractivity (Wildman–Crippen MR) is 114 cm³/mol. The molecule has 2 heterocycles. The van der Waals surface area contributed by atoms with Crippen molar-refractivity contribution in [2.45, 2.75) is 19.3 Å². The fourth-order valence-corrected chi connectivity index (χ4v) is 3.46. The van der Waals surface area contributed by atoms with Crippen molar-refractivity contribution >= 4 is 11.9 Å². The molecule has 1 aromatic heterocycles. The standard InChI is InChI=1S/C22H30N4O3/c1-22(2,17-7-5-8-18(15-17)28-4)16-24-21(23-3)26-12-10-25(11-13-26)20(27)19-9-6-14-29-19/h5-9,14-15H,10-13,16H2,1-4H3,(H,23,24). The van der Waals surface area contributed by atoms with E-state index in [1.165, 1.54) is 11.8 Å². The quantitative estimate of drug-likeness (QED) is 0.619. The molecule has 0 spiro atoms. The lowest BCUT2D eigenvalue weighted by atomic mass is 9.84. The first kappa shape index (κ1) is 20.8. The number of piperazine rings is 1. The average Bonchev–Trinajstić information content (AvgIpc) is 3.29. The van der Waals surface area contributed by atoms with Crippen LogP contribution in [0.25, 0.3) is 0 Å². The minimum Gasteiger partial charge on any atom is -0.497 e. The number of benzene rings is 1. The lowest BCUT2D eigenvalue weighted by Gasteiger charge is -2.37. The Balaban J connectivity index is 1.56. The number of hydrogen-bond donors (Lipinski definition) is 1. The summed E-state index contributed by atoms with van der Waals surface area (Å²) in [6.45, 7) is 7.86. The van der Waals surface area contributed by atoms with E-state index in [4.69, 9.17) is 9.15 Å². The molecular weight excluding hydrogens is 368 g/mol. The van der Waals surface area contributed by atoms with Gasteiger partial charge in [0, 0.05) is 45.2 Å². The Bertz CT molecular complexity index is 838. The third kappa shape index (κ3) is 4.91. The molecule has 3 rings (SSSR count). The first-order valence-electron chi connectivity index (χ1n) is 9.87. The zero-order chi connectivity index (χ0) is 20.9. The van der Waals surface area contributed by atoms with Gasteiger partial charge in [-0.1, -0.05) is 26.0 Å². The minimum absolute atomic E-state index is 0.0586. The first-order chi connectivity index (χ1) is 13.9. The monoisotopic (exact) mass is 398 g/mol. The molecule has 1 aromatic carbocycles. The van der Waals surface area contributed by atoms with Crippen LogP contribution in [0.4, 0.5) is 0 Å². The largest absolute Gasteiger partial charge is 0.497 e. The van der Waals surface area contributed by atoms with E-state index in [9.17, 15) is 4.79 Å². The van der Waals surface area contributed by atoms with Crippen molar-refractivity contribution in [3.05, 3.63) is 54.0 Å². The maximum absolute atomic E-state index is 12.4. The highest BCUT2D eigenvalue weighted by Crippen LogP contribution is 2.25. The van der Waals surface area contributed by atoms with Crippen molar-refractivity contribution in [2.24, 2.45) is 4.99 Å². The Morgan fingerprint density at radius 1 is 1.17 bits per heavy atom. The van der Waals surface area contributed by atoms with Gasteiger partial charge in [-0.05, 0) is 29.8 Å². The van der Waals surface area contributed by atoms with Gasteiger partial charge in [-0.15, -0.1) is 0 Å². The predicted octanol–water partition coefficient (Wildman–Crippen LogP) is 2.60. The van der Waals surface area contributed by atoms with Crippen LogP contribution in [-0.4, -0.2) is 68.5 Å². The van der Waals surface area contributed by atoms with Crippen LogP contribution in [0.1, 0.15) is 30.0 Å². The van der Waals surface area contributed by atoms with E-state index in [1.807, 2.05) is 17.0 Å². The second-order valence-corrected chi connectivity index (χ2v) is 7.77. The fourth-order valence-electron chi connectivity index (χ4n) is 3.46. The summed E-state index contributed by atoms with van der Waals surface area (Å²) in [5.41, 5.74) is 1.11. The van der Waals surface area contributed by atoms with Crippen LogP contribution in [0, 0.1) is 0 Å². The molecule has 1 amide bonds. The zero-order valence-corrected chi connectivity index (χ0v) is 17.6. The van der Waals surface area contributed by atoms with Crippen LogP contribution in [0.15, 0.2) is 52.1 Å². The summed E-state index contributed by atoms with van der Waals surface area (Å²) < 4.78 is 10.6. The minimum atomic E-state index is -0.0957. The molecule has 0 atom stereocenters. The van der Waals surface area contributed by atoms with E-state index in [0.29, 0.717) is 18.8 Å². The maximum atomic E-state index is 12.4. The van der Waals surface area contributed by atoms with Gasteiger partial charge in [-0.3, -0.25) is 9.79 Å². The number of amides is 1. The Morgan fingerprint density at radius 2 is 1.90 bits per heavy atom. The van der Waals surface area contributed by atoms with Crippen molar-refractivity contribution in [2.75, 3.05) is 46.9 Å². The van der Waals surface area contributed by atoms with Crippen molar-refractivity contribution < 1.29 is 13.9 Å². The smallest absolute Gasteiger partial charge is 0.289 e. The number of guanidine groups is 1. The summed E-state index contributed by atoms with van der Waals surface area (Å²) >= 11 is 0. The third-order valence-electron chi connectivity index (χ3n) is 5.35. The second-order valence-electron chi connectivity index (χ2n) is 7.77. The molecule has 0 bridgehead atoms. The van der Waals surface area contributed by atoms with Crippen LogP contribution in [-0.2, 0) is 5.41 Å². The van der Waals surface area contributed by atoms with Crippen LogP contribution in [0.3, 0.4) is 0 Å². The molecule has 1 aliphatic rings. The van der Waals surface area contributed by atoms with Crippen molar-refractivity contribution in [1.29, 1.82) is 0 Å². The average molecular weight is 399 g/mol. The molecule has 1 fully saturated rings. The normalized spacial score (nSPS) is 15.4. The Hall–Kier alpha value is -2.96. The van der Waals surface area contributed by atoms with Gasteiger partial charge in [0.25, 0.3) is 5.91 Å². The number of carbonyl (C=O) groups excluding carboxylic acids is 1. The number of nitrogens with zero attached hydrogens (tertiary/aromatic N) is 3. The molecule has 0 saturated carbocycles. The summed E-state index contributed by atoms with van der Waals surface area (Å²) in [7, 11) is 3.48. The molecular formula is C22H30N4O3. The lowest BCUT2D eigenvalue weighted by Crippen LogP contribution is -2.54. The number of furan rings is 1. The molecule has 2 aromatic rings. The SMILES string of the molecule is CN=C(NCC(C)(C)c1cccc(OC)c1)N1CCN(C(=O)c2ccco2)CC1. The van der Waals surface area contributed by atoms with E-state index in [0.717, 1.165) is 31.3 Å². The second kappa shape index (κ2) is 9.03. The topological polar surface area (TPSA) is 70.3 Å². The first-order valence-corrected chi connectivity index (χ1v) is 9.87. The van der Waals surface area contributed by atoms with Crippen molar-refractivity contribution in [1.82, 2.24) is 15.1 Å². The van der Waals surface area contributed by atoms with Gasteiger partial charge in [0.2, 0.25) is 0 Å². The van der Waals surface area contributed by atoms with Gasteiger partial charge in [0.05, 0.1) is 13.4 Å². The van der Waals surface area contributed by atoms with Gasteiger partial charge < -0.3 is 24.3 Å². The molecule has 7 nitrogen and oxygen atoms in total. The van der Waals surface area contributed by atoms with Crippen molar-refractivity contribution in [3.63, 3.8) is 0 Å². The summed E-state index contributed by atoms with van der Waals surface area (Å²) in [4.78, 5) is 20.9. The van der Waals surface area contributed by atoms with Crippen LogP contribution in [0.2, 0.25) is 0 Å². The van der Waals surface area contributed by atoms with E-state index < -0.39 is 0 Å². The van der Waals surface area contributed by atoms with E-state index in [1.54, 1.807) is 26.3 Å². The summed E-state index contributed by atoms with van der Waals surface area (Å²) in [5.74, 6) is 2.04. The molecule has 1 saturated heterocycles. The molecule has 156 valence electrons. The molecule has 7 heteroatoms. The van der Waals surface area contributed by atoms with Gasteiger partial charge in [-0.2, -0.15) is 0 Å². The third-order valence-corrected chi connectivity index (χ3v) is 5.35. The lowest BCUT2D eigenvalue weighted by molar-refractivity contribution is 0.0657. The summed E-state index contributed by atoms with van der Waals surface area (Å²) in [6.07, 6.45) is 1.53. The number of rotatable bonds is 5. The number of methoxy groups -OCH3 is 1. The Kier molecular flexibility index (Phi) is 6.46. The Morgan fingerprint density at radius 3 is 2.52 bits per heavy atom. The number of carbonyl (C=O) groups is 1. The van der Waals surface area contributed by atoms with Crippen LogP contribution in [0.5, 0.6) is 5.75 Å². The van der Waals surface area contributed by atoms with Crippen LogP contribution < -0.4 is 10.1 Å². The fraction of sp³-hybridized carbons (Fsp3) is 0.455.